The molecule has 2 N–H and O–H groups in total. The van der Waals surface area contributed by atoms with E-state index in [1.807, 2.05) is 31.2 Å². The van der Waals surface area contributed by atoms with Gasteiger partial charge in [-0.3, -0.25) is 5.10 Å². The maximum absolute atomic E-state index is 9.91. The molecule has 1 heterocycles. The van der Waals surface area contributed by atoms with Gasteiger partial charge >= 0.3 is 0 Å². The van der Waals surface area contributed by atoms with Crippen LogP contribution in [0, 0.1) is 6.92 Å². The highest BCUT2D eigenvalue weighted by Crippen LogP contribution is 2.32. The number of hydrogen-bond acceptors (Lipinski definition) is 2. The fraction of sp³-hybridized carbons (Fsp3) is 0.0714. The van der Waals surface area contributed by atoms with Crippen molar-refractivity contribution < 1.29 is 5.11 Å². The van der Waals surface area contributed by atoms with Crippen LogP contribution in [0.5, 0.6) is 5.75 Å². The Kier molecular flexibility index (Phi) is 2.11. The second kappa shape index (κ2) is 3.63. The molecule has 0 saturated heterocycles. The molecule has 0 aliphatic heterocycles. The number of aryl methyl sites for hydroxylation is 1. The highest BCUT2D eigenvalue weighted by atomic mass is 16.3. The molecule has 3 nitrogen and oxygen atoms in total. The Bertz CT molecular complexity index is 686. The monoisotopic (exact) mass is 224 g/mol. The zero-order chi connectivity index (χ0) is 11.8. The van der Waals surface area contributed by atoms with Crippen molar-refractivity contribution in [2.24, 2.45) is 0 Å². The number of H-pyrrole nitrogens is 1. The average molecular weight is 224 g/mol. The van der Waals surface area contributed by atoms with Crippen LogP contribution in [-0.2, 0) is 0 Å². The fourth-order valence-electron chi connectivity index (χ4n) is 2.06. The molecular weight excluding hydrogens is 212 g/mol. The first-order valence-electron chi connectivity index (χ1n) is 5.49. The number of benzene rings is 2. The Morgan fingerprint density at radius 1 is 1.12 bits per heavy atom. The highest BCUT2D eigenvalue weighted by Gasteiger charge is 2.11. The summed E-state index contributed by atoms with van der Waals surface area (Å²) in [6.07, 6.45) is 0. The molecule has 84 valence electrons. The predicted molar refractivity (Wildman–Crippen MR) is 67.9 cm³/mol. The van der Waals surface area contributed by atoms with Crippen LogP contribution >= 0.6 is 0 Å². The number of aromatic hydroxyl groups is 1. The van der Waals surface area contributed by atoms with E-state index in [0.29, 0.717) is 0 Å². The van der Waals surface area contributed by atoms with Crippen molar-refractivity contribution in [1.82, 2.24) is 10.2 Å². The van der Waals surface area contributed by atoms with Gasteiger partial charge in [-0.2, -0.15) is 5.10 Å². The minimum Gasteiger partial charge on any atom is -0.507 e. The third-order valence-electron chi connectivity index (χ3n) is 2.86. The molecule has 0 unspecified atom stereocenters. The normalized spacial score (nSPS) is 10.9. The van der Waals surface area contributed by atoms with Crippen molar-refractivity contribution in [2.75, 3.05) is 0 Å². The average Bonchev–Trinajstić information content (AvgIpc) is 2.74. The fourth-order valence-corrected chi connectivity index (χ4v) is 2.06. The van der Waals surface area contributed by atoms with Gasteiger partial charge in [-0.15, -0.1) is 0 Å². The Hall–Kier alpha value is -2.29. The van der Waals surface area contributed by atoms with Gasteiger partial charge in [0.15, 0.2) is 0 Å². The molecule has 0 aliphatic carbocycles. The number of aromatic nitrogens is 2. The molecule has 0 aliphatic rings. The molecule has 0 bridgehead atoms. The van der Waals surface area contributed by atoms with E-state index in [0.717, 1.165) is 22.2 Å². The van der Waals surface area contributed by atoms with E-state index in [9.17, 15) is 5.11 Å². The molecule has 0 saturated carbocycles. The van der Waals surface area contributed by atoms with Gasteiger partial charge in [-0.05, 0) is 25.1 Å². The molecule has 0 fully saturated rings. The Morgan fingerprint density at radius 3 is 2.76 bits per heavy atom. The molecule has 3 rings (SSSR count). The number of nitrogens with one attached hydrogen (secondary N) is 1. The first kappa shape index (κ1) is 9.90. The Balaban J connectivity index is 2.31. The van der Waals surface area contributed by atoms with Crippen molar-refractivity contribution in [1.29, 1.82) is 0 Å². The van der Waals surface area contributed by atoms with Crippen molar-refractivity contribution in [3.8, 4) is 17.0 Å². The Morgan fingerprint density at radius 2 is 1.94 bits per heavy atom. The molecular formula is C14H12N2O. The van der Waals surface area contributed by atoms with Crippen molar-refractivity contribution >= 4 is 10.9 Å². The van der Waals surface area contributed by atoms with Crippen LogP contribution in [0.1, 0.15) is 5.56 Å². The van der Waals surface area contributed by atoms with E-state index < -0.39 is 0 Å². The SMILES string of the molecule is Cc1cccc(-c2n[nH]c3cccc(O)c23)c1. The maximum Gasteiger partial charge on any atom is 0.127 e. The number of hydrogen-bond donors (Lipinski definition) is 2. The summed E-state index contributed by atoms with van der Waals surface area (Å²) in [5, 5.41) is 17.9. The van der Waals surface area contributed by atoms with Crippen molar-refractivity contribution in [2.45, 2.75) is 6.92 Å². The van der Waals surface area contributed by atoms with Gasteiger partial charge < -0.3 is 5.11 Å². The van der Waals surface area contributed by atoms with Gasteiger partial charge in [0.05, 0.1) is 10.9 Å². The lowest BCUT2D eigenvalue weighted by atomic mass is 10.1. The molecule has 3 heteroatoms. The lowest BCUT2D eigenvalue weighted by molar-refractivity contribution is 0.482. The van der Waals surface area contributed by atoms with Crippen LogP contribution in [0.2, 0.25) is 0 Å². The lowest BCUT2D eigenvalue weighted by Gasteiger charge is -2.00. The maximum atomic E-state index is 9.91. The summed E-state index contributed by atoms with van der Waals surface area (Å²) < 4.78 is 0. The van der Waals surface area contributed by atoms with Crippen LogP contribution in [0.3, 0.4) is 0 Å². The molecule has 0 amide bonds. The van der Waals surface area contributed by atoms with Crippen molar-refractivity contribution in [3.63, 3.8) is 0 Å². The number of nitrogens with zero attached hydrogens (tertiary/aromatic N) is 1. The predicted octanol–water partition coefficient (Wildman–Crippen LogP) is 3.24. The topological polar surface area (TPSA) is 48.9 Å². The third-order valence-corrected chi connectivity index (χ3v) is 2.86. The quantitative estimate of drug-likeness (QED) is 0.666. The number of rotatable bonds is 1. The Labute approximate surface area is 98.7 Å². The molecule has 0 atom stereocenters. The molecule has 0 spiro atoms. The van der Waals surface area contributed by atoms with Gasteiger partial charge in [-0.25, -0.2) is 0 Å². The molecule has 3 aromatic rings. The van der Waals surface area contributed by atoms with E-state index in [4.69, 9.17) is 0 Å². The summed E-state index contributed by atoms with van der Waals surface area (Å²) >= 11 is 0. The highest BCUT2D eigenvalue weighted by molar-refractivity contribution is 5.97. The molecule has 2 aromatic carbocycles. The minimum atomic E-state index is 0.257. The minimum absolute atomic E-state index is 0.257. The van der Waals surface area contributed by atoms with E-state index in [1.54, 1.807) is 12.1 Å². The van der Waals surface area contributed by atoms with E-state index >= 15 is 0 Å². The lowest BCUT2D eigenvalue weighted by Crippen LogP contribution is -1.80. The summed E-state index contributed by atoms with van der Waals surface area (Å²) in [6, 6.07) is 13.5. The number of aromatic amines is 1. The zero-order valence-electron chi connectivity index (χ0n) is 9.44. The van der Waals surface area contributed by atoms with Gasteiger partial charge in [-0.1, -0.05) is 29.8 Å². The molecule has 0 radical (unpaired) electrons. The summed E-state index contributed by atoms with van der Waals surface area (Å²) in [7, 11) is 0. The van der Waals surface area contributed by atoms with Crippen LogP contribution in [0.25, 0.3) is 22.2 Å². The van der Waals surface area contributed by atoms with Gasteiger partial charge in [0, 0.05) is 5.56 Å². The molecule has 17 heavy (non-hydrogen) atoms. The first-order chi connectivity index (χ1) is 8.25. The number of phenolic OH excluding ortho intramolecular Hbond substituents is 1. The van der Waals surface area contributed by atoms with Crippen LogP contribution in [0.15, 0.2) is 42.5 Å². The zero-order valence-corrected chi connectivity index (χ0v) is 9.44. The van der Waals surface area contributed by atoms with Gasteiger partial charge in [0.25, 0.3) is 0 Å². The summed E-state index contributed by atoms with van der Waals surface area (Å²) in [5.74, 6) is 0.257. The number of fused-ring (bicyclic) bond motifs is 1. The third kappa shape index (κ3) is 1.56. The second-order valence-corrected chi connectivity index (χ2v) is 4.14. The number of phenols is 1. The summed E-state index contributed by atoms with van der Waals surface area (Å²) in [4.78, 5) is 0. The van der Waals surface area contributed by atoms with Gasteiger partial charge in [0.2, 0.25) is 0 Å². The van der Waals surface area contributed by atoms with E-state index in [1.165, 1.54) is 5.56 Å². The van der Waals surface area contributed by atoms with Crippen LogP contribution in [0.4, 0.5) is 0 Å². The first-order valence-corrected chi connectivity index (χ1v) is 5.49. The molecule has 1 aromatic heterocycles. The summed E-state index contributed by atoms with van der Waals surface area (Å²) in [5.41, 5.74) is 3.83. The van der Waals surface area contributed by atoms with Crippen LogP contribution in [-0.4, -0.2) is 15.3 Å². The van der Waals surface area contributed by atoms with E-state index in [-0.39, 0.29) is 5.75 Å². The van der Waals surface area contributed by atoms with Crippen LogP contribution < -0.4 is 0 Å². The standard InChI is InChI=1S/C14H12N2O/c1-9-4-2-5-10(8-9)14-13-11(15-16-14)6-3-7-12(13)17/h2-8,17H,1H3,(H,15,16). The van der Waals surface area contributed by atoms with Gasteiger partial charge in [0.1, 0.15) is 11.4 Å². The summed E-state index contributed by atoms with van der Waals surface area (Å²) in [6.45, 7) is 2.04. The smallest absolute Gasteiger partial charge is 0.127 e. The van der Waals surface area contributed by atoms with E-state index in [2.05, 4.69) is 16.3 Å². The second-order valence-electron chi connectivity index (χ2n) is 4.14. The van der Waals surface area contributed by atoms with Crippen molar-refractivity contribution in [3.05, 3.63) is 48.0 Å². The largest absolute Gasteiger partial charge is 0.507 e.